The fourth-order valence-corrected chi connectivity index (χ4v) is 4.61. The molecule has 5 heteroatoms. The van der Waals surface area contributed by atoms with E-state index in [4.69, 9.17) is 5.11 Å². The van der Waals surface area contributed by atoms with E-state index in [9.17, 15) is 9.59 Å². The van der Waals surface area contributed by atoms with E-state index in [1.54, 1.807) is 0 Å². The molecule has 2 bridgehead atoms. The highest BCUT2D eigenvalue weighted by atomic mass is 32.1. The lowest BCUT2D eigenvalue weighted by atomic mass is 9.88. The first kappa shape index (κ1) is 13.6. The number of rotatable bonds is 3. The largest absolute Gasteiger partial charge is 0.481 e. The van der Waals surface area contributed by atoms with E-state index in [0.717, 1.165) is 36.1 Å². The molecule has 0 aromatic carbocycles. The molecule has 0 spiro atoms. The maximum absolute atomic E-state index is 12.7. The topological polar surface area (TPSA) is 57.6 Å². The number of carboxylic acids is 1. The van der Waals surface area contributed by atoms with Crippen LogP contribution >= 0.6 is 11.3 Å². The van der Waals surface area contributed by atoms with Crippen molar-refractivity contribution < 1.29 is 14.7 Å². The minimum absolute atomic E-state index is 0.152. The molecule has 4 nitrogen and oxygen atoms in total. The first-order valence-corrected chi connectivity index (χ1v) is 8.02. The van der Waals surface area contributed by atoms with Crippen molar-refractivity contribution in [3.63, 3.8) is 0 Å². The summed E-state index contributed by atoms with van der Waals surface area (Å²) in [6.45, 7) is 1.98. The van der Waals surface area contributed by atoms with Crippen molar-refractivity contribution in [3.05, 3.63) is 21.9 Å². The van der Waals surface area contributed by atoms with Crippen molar-refractivity contribution in [2.24, 2.45) is 5.92 Å². The molecule has 2 saturated heterocycles. The Labute approximate surface area is 122 Å². The van der Waals surface area contributed by atoms with Crippen LogP contribution < -0.4 is 0 Å². The number of hydrogen-bond donors (Lipinski definition) is 1. The van der Waals surface area contributed by atoms with E-state index in [2.05, 4.69) is 0 Å². The number of amides is 1. The smallest absolute Gasteiger partial charge is 0.303 e. The van der Waals surface area contributed by atoms with Gasteiger partial charge in [0.2, 0.25) is 0 Å². The molecule has 1 aromatic heterocycles. The van der Waals surface area contributed by atoms with Crippen molar-refractivity contribution in [2.45, 2.75) is 51.1 Å². The molecule has 1 amide bonds. The maximum Gasteiger partial charge on any atom is 0.303 e. The predicted octanol–water partition coefficient (Wildman–Crippen LogP) is 2.91. The second kappa shape index (κ2) is 5.20. The molecule has 20 heavy (non-hydrogen) atoms. The summed E-state index contributed by atoms with van der Waals surface area (Å²) in [4.78, 5) is 26.4. The highest BCUT2D eigenvalue weighted by Crippen LogP contribution is 2.41. The summed E-state index contributed by atoms with van der Waals surface area (Å²) in [7, 11) is 0. The second-order valence-electron chi connectivity index (χ2n) is 5.97. The third-order valence-electron chi connectivity index (χ3n) is 4.58. The third kappa shape index (κ3) is 2.35. The summed E-state index contributed by atoms with van der Waals surface area (Å²) >= 11 is 1.51. The molecule has 108 valence electrons. The normalized spacial score (nSPS) is 28.6. The van der Waals surface area contributed by atoms with Gasteiger partial charge < -0.3 is 10.0 Å². The number of carboxylic acid groups (broad SMARTS) is 1. The zero-order chi connectivity index (χ0) is 14.3. The molecule has 0 radical (unpaired) electrons. The van der Waals surface area contributed by atoms with Gasteiger partial charge in [-0.2, -0.15) is 0 Å². The van der Waals surface area contributed by atoms with Crippen LogP contribution in [0, 0.1) is 12.8 Å². The molecule has 0 aliphatic carbocycles. The third-order valence-corrected chi connectivity index (χ3v) is 5.59. The molecule has 3 heterocycles. The summed E-state index contributed by atoms with van der Waals surface area (Å²) in [5, 5.41) is 10.9. The van der Waals surface area contributed by atoms with Crippen molar-refractivity contribution in [1.82, 2.24) is 4.90 Å². The number of thiophene rings is 1. The molecular weight excluding hydrogens is 274 g/mol. The van der Waals surface area contributed by atoms with Gasteiger partial charge in [-0.15, -0.1) is 11.3 Å². The Morgan fingerprint density at radius 2 is 2.00 bits per heavy atom. The van der Waals surface area contributed by atoms with Crippen LogP contribution in [0.5, 0.6) is 0 Å². The number of aliphatic carboxylic acids is 1. The summed E-state index contributed by atoms with van der Waals surface area (Å²) in [6, 6.07) is 2.47. The molecule has 2 atom stereocenters. The van der Waals surface area contributed by atoms with E-state index in [0.29, 0.717) is 0 Å². The number of piperidine rings is 1. The molecule has 3 rings (SSSR count). The number of carbonyl (C=O) groups excluding carboxylic acids is 1. The summed E-state index contributed by atoms with van der Waals surface area (Å²) in [5.41, 5.74) is 1.05. The van der Waals surface area contributed by atoms with Gasteiger partial charge in [-0.1, -0.05) is 0 Å². The Morgan fingerprint density at radius 1 is 1.35 bits per heavy atom. The molecular formula is C15H19NO3S. The SMILES string of the molecule is Cc1ccsc1C(=O)N1C2CCC1CC(CC(=O)O)C2. The zero-order valence-electron chi connectivity index (χ0n) is 11.5. The monoisotopic (exact) mass is 293 g/mol. The molecule has 2 fully saturated rings. The van der Waals surface area contributed by atoms with Gasteiger partial charge >= 0.3 is 5.97 Å². The van der Waals surface area contributed by atoms with Crippen LogP contribution in [-0.2, 0) is 4.79 Å². The summed E-state index contributed by atoms with van der Waals surface area (Å²) in [6.07, 6.45) is 3.99. The van der Waals surface area contributed by atoms with Crippen molar-refractivity contribution in [1.29, 1.82) is 0 Å². The van der Waals surface area contributed by atoms with Crippen LogP contribution in [0.4, 0.5) is 0 Å². The van der Waals surface area contributed by atoms with E-state index in [1.807, 2.05) is 23.3 Å². The molecule has 0 saturated carbocycles. The average Bonchev–Trinajstić information content (AvgIpc) is 2.90. The summed E-state index contributed by atoms with van der Waals surface area (Å²) in [5.74, 6) is -0.333. The lowest BCUT2D eigenvalue weighted by molar-refractivity contribution is -0.138. The van der Waals surface area contributed by atoms with Crippen molar-refractivity contribution in [2.75, 3.05) is 0 Å². The molecule has 2 aliphatic rings. The van der Waals surface area contributed by atoms with E-state index in [1.165, 1.54) is 11.3 Å². The average molecular weight is 293 g/mol. The highest BCUT2D eigenvalue weighted by molar-refractivity contribution is 7.12. The van der Waals surface area contributed by atoms with Gasteiger partial charge in [0, 0.05) is 18.5 Å². The van der Waals surface area contributed by atoms with Crippen LogP contribution in [0.15, 0.2) is 11.4 Å². The Balaban J connectivity index is 1.76. The fraction of sp³-hybridized carbons (Fsp3) is 0.600. The Kier molecular flexibility index (Phi) is 3.54. The van der Waals surface area contributed by atoms with Gasteiger partial charge in [0.25, 0.3) is 5.91 Å². The molecule has 2 unspecified atom stereocenters. The van der Waals surface area contributed by atoms with E-state index >= 15 is 0 Å². The minimum atomic E-state index is -0.719. The quantitative estimate of drug-likeness (QED) is 0.932. The Hall–Kier alpha value is -1.36. The van der Waals surface area contributed by atoms with Gasteiger partial charge in [0.15, 0.2) is 0 Å². The second-order valence-corrected chi connectivity index (χ2v) is 6.88. The number of hydrogen-bond acceptors (Lipinski definition) is 3. The Morgan fingerprint density at radius 3 is 2.50 bits per heavy atom. The van der Waals surface area contributed by atoms with Gasteiger partial charge in [-0.25, -0.2) is 0 Å². The number of carbonyl (C=O) groups is 2. The van der Waals surface area contributed by atoms with Crippen LogP contribution in [0.25, 0.3) is 0 Å². The fourth-order valence-electron chi connectivity index (χ4n) is 3.74. The van der Waals surface area contributed by atoms with Crippen molar-refractivity contribution in [3.8, 4) is 0 Å². The number of aryl methyl sites for hydroxylation is 1. The number of nitrogens with zero attached hydrogens (tertiary/aromatic N) is 1. The zero-order valence-corrected chi connectivity index (χ0v) is 12.4. The summed E-state index contributed by atoms with van der Waals surface area (Å²) < 4.78 is 0. The highest BCUT2D eigenvalue weighted by Gasteiger charge is 2.44. The molecule has 2 aliphatic heterocycles. The van der Waals surface area contributed by atoms with Crippen LogP contribution in [0.3, 0.4) is 0 Å². The lowest BCUT2D eigenvalue weighted by Crippen LogP contribution is -2.46. The van der Waals surface area contributed by atoms with Gasteiger partial charge in [0.05, 0.1) is 4.88 Å². The minimum Gasteiger partial charge on any atom is -0.481 e. The van der Waals surface area contributed by atoms with Crippen LogP contribution in [0.2, 0.25) is 0 Å². The number of fused-ring (bicyclic) bond motifs is 2. The van der Waals surface area contributed by atoms with Gasteiger partial charge in [0.1, 0.15) is 0 Å². The molecule has 1 N–H and O–H groups in total. The lowest BCUT2D eigenvalue weighted by Gasteiger charge is -2.38. The van der Waals surface area contributed by atoms with Crippen LogP contribution in [-0.4, -0.2) is 34.0 Å². The Bertz CT molecular complexity index is 525. The standard InChI is InChI=1S/C15H19NO3S/c1-9-4-5-20-14(9)15(19)16-11-2-3-12(16)7-10(6-11)8-13(17)18/h4-5,10-12H,2-3,6-8H2,1H3,(H,17,18). The van der Waals surface area contributed by atoms with E-state index < -0.39 is 5.97 Å². The predicted molar refractivity (Wildman–Crippen MR) is 77.0 cm³/mol. The first-order chi connectivity index (χ1) is 9.56. The maximum atomic E-state index is 12.7. The van der Waals surface area contributed by atoms with Crippen LogP contribution in [0.1, 0.15) is 47.3 Å². The first-order valence-electron chi connectivity index (χ1n) is 7.14. The van der Waals surface area contributed by atoms with Gasteiger partial charge in [-0.05, 0) is 55.5 Å². The molecule has 1 aromatic rings. The van der Waals surface area contributed by atoms with E-state index in [-0.39, 0.29) is 30.3 Å². The van der Waals surface area contributed by atoms with Crippen molar-refractivity contribution >= 4 is 23.2 Å². The van der Waals surface area contributed by atoms with Gasteiger partial charge in [-0.3, -0.25) is 9.59 Å².